The van der Waals surface area contributed by atoms with E-state index >= 15 is 0 Å². The first kappa shape index (κ1) is 19.1. The number of nitrogens with two attached hydrogens (primary N) is 2. The molecular weight excluding hydrogens is 391 g/mol. The molecule has 114 valence electrons. The second kappa shape index (κ2) is 9.14. The van der Waals surface area contributed by atoms with Crippen LogP contribution in [0.5, 0.6) is 0 Å². The number of hydrogen-bond donors (Lipinski definition) is 3. The van der Waals surface area contributed by atoms with Crippen LogP contribution in [-0.4, -0.2) is 20.9 Å². The normalized spacial score (nSPS) is 11.8. The van der Waals surface area contributed by atoms with Crippen molar-refractivity contribution in [3.05, 3.63) is 29.8 Å². The number of hydrogen-bond acceptors (Lipinski definition) is 3. The summed E-state index contributed by atoms with van der Waals surface area (Å²) in [6.07, 6.45) is 2.10. The average molecular weight is 412 g/mol. The molecule has 0 aliphatic heterocycles. The summed E-state index contributed by atoms with van der Waals surface area (Å²) in [5.74, 6) is 0.356. The second-order valence-corrected chi connectivity index (χ2v) is 5.74. The van der Waals surface area contributed by atoms with Gasteiger partial charge in [0.05, 0.1) is 11.4 Å². The lowest BCUT2D eigenvalue weighted by Gasteiger charge is -2.05. The van der Waals surface area contributed by atoms with Crippen molar-refractivity contribution in [2.45, 2.75) is 31.2 Å². The zero-order valence-electron chi connectivity index (χ0n) is 11.4. The van der Waals surface area contributed by atoms with Gasteiger partial charge in [0.25, 0.3) is 0 Å². The van der Waals surface area contributed by atoms with E-state index in [4.69, 9.17) is 10.9 Å². The molecule has 0 amide bonds. The number of aliphatic imine (C=N–C) groups is 1. The van der Waals surface area contributed by atoms with E-state index in [1.807, 2.05) is 0 Å². The summed E-state index contributed by atoms with van der Waals surface area (Å²) in [7, 11) is -3.68. The molecule has 1 aromatic rings. The van der Waals surface area contributed by atoms with Crippen LogP contribution in [-0.2, 0) is 16.6 Å². The molecule has 1 rings (SSSR count). The summed E-state index contributed by atoms with van der Waals surface area (Å²) in [5.41, 5.74) is 6.42. The van der Waals surface area contributed by atoms with E-state index in [9.17, 15) is 8.42 Å². The summed E-state index contributed by atoms with van der Waals surface area (Å²) in [6.45, 7) is 3.19. The number of rotatable bonds is 6. The molecular formula is C12H21IN4O2S. The van der Waals surface area contributed by atoms with Crippen molar-refractivity contribution < 1.29 is 8.42 Å². The van der Waals surface area contributed by atoms with Crippen molar-refractivity contribution in [2.24, 2.45) is 15.9 Å². The van der Waals surface area contributed by atoms with Crippen LogP contribution < -0.4 is 16.2 Å². The van der Waals surface area contributed by atoms with Gasteiger partial charge in [0, 0.05) is 6.54 Å². The molecule has 0 unspecified atom stereocenters. The van der Waals surface area contributed by atoms with Crippen LogP contribution in [0.3, 0.4) is 0 Å². The fraction of sp³-hybridized carbons (Fsp3) is 0.417. The van der Waals surface area contributed by atoms with Gasteiger partial charge in [-0.05, 0) is 24.1 Å². The lowest BCUT2D eigenvalue weighted by Crippen LogP contribution is -2.32. The Morgan fingerprint density at radius 3 is 2.70 bits per heavy atom. The first-order chi connectivity index (χ1) is 8.93. The van der Waals surface area contributed by atoms with Gasteiger partial charge in [-0.15, -0.1) is 24.0 Å². The number of halogens is 1. The molecule has 6 nitrogen and oxygen atoms in total. The first-order valence-electron chi connectivity index (χ1n) is 6.09. The van der Waals surface area contributed by atoms with Crippen molar-refractivity contribution in [1.82, 2.24) is 5.32 Å². The molecule has 0 saturated carbocycles. The summed E-state index contributed by atoms with van der Waals surface area (Å²) >= 11 is 0. The summed E-state index contributed by atoms with van der Waals surface area (Å²) < 4.78 is 22.4. The standard InChI is InChI=1S/C12H20N4O2S.HI/c1-2-3-7-15-12(13)16-9-10-5-4-6-11(8-10)19(14,17)18;/h4-6,8H,2-3,7,9H2,1H3,(H3,13,15,16)(H2,14,17,18);1H. The minimum absolute atomic E-state index is 0. The van der Waals surface area contributed by atoms with E-state index in [1.54, 1.807) is 12.1 Å². The molecule has 0 spiro atoms. The monoisotopic (exact) mass is 412 g/mol. The number of benzene rings is 1. The molecule has 0 aliphatic carbocycles. The molecule has 1 aromatic carbocycles. The molecule has 20 heavy (non-hydrogen) atoms. The van der Waals surface area contributed by atoms with Crippen LogP contribution in [0.1, 0.15) is 25.3 Å². The van der Waals surface area contributed by atoms with Gasteiger partial charge in [0.15, 0.2) is 5.96 Å². The third kappa shape index (κ3) is 7.06. The molecule has 0 aliphatic rings. The van der Waals surface area contributed by atoms with Crippen molar-refractivity contribution in [2.75, 3.05) is 6.54 Å². The topological polar surface area (TPSA) is 111 Å². The van der Waals surface area contributed by atoms with Gasteiger partial charge in [-0.25, -0.2) is 18.5 Å². The van der Waals surface area contributed by atoms with Gasteiger partial charge in [0.2, 0.25) is 10.0 Å². The third-order valence-electron chi connectivity index (χ3n) is 2.50. The van der Waals surface area contributed by atoms with Gasteiger partial charge in [-0.3, -0.25) is 0 Å². The third-order valence-corrected chi connectivity index (χ3v) is 3.41. The maximum atomic E-state index is 11.2. The largest absolute Gasteiger partial charge is 0.370 e. The molecule has 0 heterocycles. The van der Waals surface area contributed by atoms with E-state index in [0.29, 0.717) is 12.5 Å². The Kier molecular flexibility index (Phi) is 8.74. The Morgan fingerprint density at radius 2 is 2.10 bits per heavy atom. The Morgan fingerprint density at radius 1 is 1.40 bits per heavy atom. The lowest BCUT2D eigenvalue weighted by molar-refractivity contribution is 0.597. The predicted octanol–water partition coefficient (Wildman–Crippen LogP) is 1.16. The van der Waals surface area contributed by atoms with Crippen molar-refractivity contribution in [3.63, 3.8) is 0 Å². The Hall–Kier alpha value is -0.870. The predicted molar refractivity (Wildman–Crippen MR) is 91.5 cm³/mol. The van der Waals surface area contributed by atoms with E-state index < -0.39 is 10.0 Å². The van der Waals surface area contributed by atoms with Gasteiger partial charge < -0.3 is 11.1 Å². The highest BCUT2D eigenvalue weighted by molar-refractivity contribution is 14.0. The molecule has 0 bridgehead atoms. The SMILES string of the molecule is CCCCNC(N)=NCc1cccc(S(N)(=O)=O)c1.I. The highest BCUT2D eigenvalue weighted by atomic mass is 127. The maximum Gasteiger partial charge on any atom is 0.238 e. The molecule has 0 aromatic heterocycles. The zero-order valence-corrected chi connectivity index (χ0v) is 14.5. The van der Waals surface area contributed by atoms with Crippen LogP contribution in [0.25, 0.3) is 0 Å². The van der Waals surface area contributed by atoms with Crippen LogP contribution in [0.15, 0.2) is 34.2 Å². The van der Waals surface area contributed by atoms with E-state index in [-0.39, 0.29) is 28.9 Å². The second-order valence-electron chi connectivity index (χ2n) is 4.17. The Labute approximate surface area is 137 Å². The van der Waals surface area contributed by atoms with Gasteiger partial charge in [-0.1, -0.05) is 25.5 Å². The zero-order chi connectivity index (χ0) is 14.3. The lowest BCUT2D eigenvalue weighted by atomic mass is 10.2. The molecule has 0 radical (unpaired) electrons. The van der Waals surface area contributed by atoms with Crippen molar-refractivity contribution >= 4 is 40.0 Å². The fourth-order valence-electron chi connectivity index (χ4n) is 1.45. The number of primary sulfonamides is 1. The number of nitrogens with zero attached hydrogens (tertiary/aromatic N) is 1. The number of guanidine groups is 1. The van der Waals surface area contributed by atoms with E-state index in [1.165, 1.54) is 12.1 Å². The summed E-state index contributed by atoms with van der Waals surface area (Å²) in [5, 5.41) is 8.05. The van der Waals surface area contributed by atoms with Crippen LogP contribution in [0, 0.1) is 0 Å². The van der Waals surface area contributed by atoms with Gasteiger partial charge in [0.1, 0.15) is 0 Å². The van der Waals surface area contributed by atoms with Gasteiger partial charge >= 0.3 is 0 Å². The Bertz CT molecular complexity index is 546. The quantitative estimate of drug-likeness (QED) is 0.282. The van der Waals surface area contributed by atoms with Gasteiger partial charge in [-0.2, -0.15) is 0 Å². The number of nitrogens with one attached hydrogen (secondary N) is 1. The number of unbranched alkanes of at least 4 members (excludes halogenated alkanes) is 1. The highest BCUT2D eigenvalue weighted by Gasteiger charge is 2.07. The number of sulfonamides is 1. The highest BCUT2D eigenvalue weighted by Crippen LogP contribution is 2.10. The minimum Gasteiger partial charge on any atom is -0.370 e. The molecule has 0 fully saturated rings. The summed E-state index contributed by atoms with van der Waals surface area (Å²) in [6, 6.07) is 6.35. The van der Waals surface area contributed by atoms with Crippen LogP contribution >= 0.6 is 24.0 Å². The average Bonchev–Trinajstić information content (AvgIpc) is 2.36. The van der Waals surface area contributed by atoms with Crippen LogP contribution in [0.4, 0.5) is 0 Å². The van der Waals surface area contributed by atoms with Crippen LogP contribution in [0.2, 0.25) is 0 Å². The minimum atomic E-state index is -3.68. The van der Waals surface area contributed by atoms with Crippen molar-refractivity contribution in [3.8, 4) is 0 Å². The van der Waals surface area contributed by atoms with Crippen molar-refractivity contribution in [1.29, 1.82) is 0 Å². The summed E-state index contributed by atoms with van der Waals surface area (Å²) in [4.78, 5) is 4.22. The molecule has 8 heteroatoms. The fourth-order valence-corrected chi connectivity index (χ4v) is 2.03. The first-order valence-corrected chi connectivity index (χ1v) is 7.63. The molecule has 0 saturated heterocycles. The molecule has 0 atom stereocenters. The maximum absolute atomic E-state index is 11.2. The smallest absolute Gasteiger partial charge is 0.238 e. The van der Waals surface area contributed by atoms with E-state index in [2.05, 4.69) is 17.2 Å². The Balaban J connectivity index is 0.00000361. The molecule has 5 N–H and O–H groups in total. The van der Waals surface area contributed by atoms with E-state index in [0.717, 1.165) is 24.9 Å².